The lowest BCUT2D eigenvalue weighted by molar-refractivity contribution is -0.124. The van der Waals surface area contributed by atoms with Gasteiger partial charge in [-0.1, -0.05) is 44.0 Å². The van der Waals surface area contributed by atoms with Crippen LogP contribution in [0.1, 0.15) is 27.2 Å². The van der Waals surface area contributed by atoms with E-state index >= 15 is 0 Å². The second-order valence-corrected chi connectivity index (χ2v) is 6.71. The molecule has 0 aliphatic rings. The number of aliphatic hydroxyl groups is 1. The molecule has 0 heterocycles. The maximum atomic E-state index is 11.9. The van der Waals surface area contributed by atoms with Gasteiger partial charge in [-0.25, -0.2) is 0 Å². The zero-order valence-electron chi connectivity index (χ0n) is 12.5. The Morgan fingerprint density at radius 2 is 2.05 bits per heavy atom. The van der Waals surface area contributed by atoms with E-state index in [0.29, 0.717) is 22.2 Å². The summed E-state index contributed by atoms with van der Waals surface area (Å²) < 4.78 is 5.38. The van der Waals surface area contributed by atoms with Crippen molar-refractivity contribution in [2.45, 2.75) is 33.2 Å². The van der Waals surface area contributed by atoms with Crippen LogP contribution in [0.15, 0.2) is 18.2 Å². The maximum absolute atomic E-state index is 11.9. The number of hydrogen-bond donors (Lipinski definition) is 2. The molecule has 0 saturated carbocycles. The highest BCUT2D eigenvalue weighted by molar-refractivity contribution is 6.35. The van der Waals surface area contributed by atoms with E-state index in [1.165, 1.54) is 0 Å². The van der Waals surface area contributed by atoms with Crippen molar-refractivity contribution in [1.82, 2.24) is 5.32 Å². The van der Waals surface area contributed by atoms with Gasteiger partial charge in [-0.05, 0) is 30.0 Å². The molecule has 1 aromatic rings. The summed E-state index contributed by atoms with van der Waals surface area (Å²) in [5.41, 5.74) is -0.143. The second kappa shape index (κ2) is 7.87. The van der Waals surface area contributed by atoms with E-state index in [-0.39, 0.29) is 30.6 Å². The molecule has 1 aromatic carbocycles. The Hall–Kier alpha value is -0.970. The lowest BCUT2D eigenvalue weighted by atomic mass is 9.85. The van der Waals surface area contributed by atoms with Gasteiger partial charge in [0, 0.05) is 17.7 Å². The molecule has 1 amide bonds. The van der Waals surface area contributed by atoms with Crippen LogP contribution in [0.2, 0.25) is 10.0 Å². The van der Waals surface area contributed by atoms with E-state index in [0.717, 1.165) is 0 Å². The Morgan fingerprint density at radius 1 is 1.38 bits per heavy atom. The second-order valence-electron chi connectivity index (χ2n) is 5.86. The predicted molar refractivity (Wildman–Crippen MR) is 85.0 cm³/mol. The lowest BCUT2D eigenvalue weighted by Gasteiger charge is -2.31. The highest BCUT2D eigenvalue weighted by Gasteiger charge is 2.25. The molecule has 0 aromatic heterocycles. The lowest BCUT2D eigenvalue weighted by Crippen LogP contribution is -2.46. The smallest absolute Gasteiger partial charge is 0.258 e. The summed E-state index contributed by atoms with van der Waals surface area (Å²) in [6.07, 6.45) is 0.497. The molecule has 0 bridgehead atoms. The summed E-state index contributed by atoms with van der Waals surface area (Å²) >= 11 is 11.8. The van der Waals surface area contributed by atoms with Gasteiger partial charge in [0.2, 0.25) is 0 Å². The van der Waals surface area contributed by atoms with Crippen LogP contribution in [-0.4, -0.2) is 30.3 Å². The van der Waals surface area contributed by atoms with Crippen molar-refractivity contribution >= 4 is 29.1 Å². The van der Waals surface area contributed by atoms with Crippen LogP contribution in [0.4, 0.5) is 0 Å². The molecule has 4 nitrogen and oxygen atoms in total. The van der Waals surface area contributed by atoms with Crippen molar-refractivity contribution in [3.05, 3.63) is 28.2 Å². The maximum Gasteiger partial charge on any atom is 0.258 e. The van der Waals surface area contributed by atoms with Crippen LogP contribution in [0.3, 0.4) is 0 Å². The molecule has 0 fully saturated rings. The monoisotopic (exact) mass is 333 g/mol. The minimum Gasteiger partial charge on any atom is -0.482 e. The van der Waals surface area contributed by atoms with Gasteiger partial charge in [0.15, 0.2) is 6.61 Å². The fraction of sp³-hybridized carbons (Fsp3) is 0.533. The van der Waals surface area contributed by atoms with Crippen LogP contribution in [0.25, 0.3) is 0 Å². The Kier molecular flexibility index (Phi) is 6.78. The molecule has 118 valence electrons. The van der Waals surface area contributed by atoms with Crippen molar-refractivity contribution < 1.29 is 14.6 Å². The summed E-state index contributed by atoms with van der Waals surface area (Å²) in [7, 11) is 0. The molecule has 6 heteroatoms. The average Bonchev–Trinajstić information content (AvgIpc) is 2.36. The van der Waals surface area contributed by atoms with E-state index in [1.54, 1.807) is 18.2 Å². The molecule has 1 rings (SSSR count). The number of nitrogens with one attached hydrogen (secondary N) is 1. The fourth-order valence-electron chi connectivity index (χ4n) is 1.82. The van der Waals surface area contributed by atoms with Gasteiger partial charge >= 0.3 is 0 Å². The summed E-state index contributed by atoms with van der Waals surface area (Å²) in [6.45, 7) is 5.89. The van der Waals surface area contributed by atoms with Gasteiger partial charge in [0.25, 0.3) is 5.91 Å². The number of ether oxygens (including phenoxy) is 1. The van der Waals surface area contributed by atoms with Crippen molar-refractivity contribution in [1.29, 1.82) is 0 Å². The summed E-state index contributed by atoms with van der Waals surface area (Å²) in [6, 6.07) is 4.69. The molecular weight excluding hydrogens is 313 g/mol. The van der Waals surface area contributed by atoms with Crippen LogP contribution in [0, 0.1) is 5.41 Å². The van der Waals surface area contributed by atoms with E-state index in [4.69, 9.17) is 33.0 Å². The molecule has 0 spiro atoms. The third-order valence-corrected chi connectivity index (χ3v) is 3.58. The molecule has 0 radical (unpaired) electrons. The number of aliphatic hydroxyl groups excluding tert-OH is 1. The van der Waals surface area contributed by atoms with Crippen molar-refractivity contribution in [3.63, 3.8) is 0 Å². The Balaban J connectivity index is 2.57. The standard InChI is InChI=1S/C15H21Cl2NO3/c1-15(2,3)13(6-7-19)18-14(20)9-21-12-5-4-10(16)8-11(12)17/h4-5,8,13,19H,6-7,9H2,1-3H3,(H,18,20). The minimum absolute atomic E-state index is 0.0199. The number of halogens is 2. The summed E-state index contributed by atoms with van der Waals surface area (Å²) in [4.78, 5) is 11.9. The molecular formula is C15H21Cl2NO3. The van der Waals surface area contributed by atoms with E-state index in [9.17, 15) is 4.79 Å². The Labute approximate surface area is 135 Å². The summed E-state index contributed by atoms with van der Waals surface area (Å²) in [5.74, 6) is 0.153. The highest BCUT2D eigenvalue weighted by Crippen LogP contribution is 2.27. The minimum atomic E-state index is -0.255. The molecule has 2 N–H and O–H groups in total. The number of hydrogen-bond acceptors (Lipinski definition) is 3. The number of amides is 1. The number of rotatable bonds is 6. The van der Waals surface area contributed by atoms with Crippen molar-refractivity contribution in [2.75, 3.05) is 13.2 Å². The first-order valence-electron chi connectivity index (χ1n) is 6.72. The van der Waals surface area contributed by atoms with Crippen LogP contribution in [0.5, 0.6) is 5.75 Å². The van der Waals surface area contributed by atoms with Crippen molar-refractivity contribution in [3.8, 4) is 5.75 Å². The molecule has 21 heavy (non-hydrogen) atoms. The fourth-order valence-corrected chi connectivity index (χ4v) is 2.29. The first-order chi connectivity index (χ1) is 9.74. The predicted octanol–water partition coefficient (Wildman–Crippen LogP) is 3.29. The normalized spacial score (nSPS) is 12.9. The van der Waals surface area contributed by atoms with Gasteiger partial charge in [-0.15, -0.1) is 0 Å². The quantitative estimate of drug-likeness (QED) is 0.839. The summed E-state index contributed by atoms with van der Waals surface area (Å²) in [5, 5.41) is 12.8. The zero-order valence-corrected chi connectivity index (χ0v) is 14.0. The molecule has 0 aliphatic carbocycles. The average molecular weight is 334 g/mol. The van der Waals surface area contributed by atoms with E-state index < -0.39 is 0 Å². The molecule has 1 unspecified atom stereocenters. The third-order valence-electron chi connectivity index (χ3n) is 3.05. The number of carbonyl (C=O) groups is 1. The van der Waals surface area contributed by atoms with Gasteiger partial charge in [0.05, 0.1) is 5.02 Å². The Morgan fingerprint density at radius 3 is 2.57 bits per heavy atom. The highest BCUT2D eigenvalue weighted by atomic mass is 35.5. The first kappa shape index (κ1) is 18.1. The molecule has 0 saturated heterocycles. The van der Waals surface area contributed by atoms with E-state index in [2.05, 4.69) is 5.32 Å². The first-order valence-corrected chi connectivity index (χ1v) is 7.47. The molecule has 0 aliphatic heterocycles. The zero-order chi connectivity index (χ0) is 16.0. The van der Waals surface area contributed by atoms with Gasteiger partial charge in [-0.2, -0.15) is 0 Å². The van der Waals surface area contributed by atoms with Gasteiger partial charge in [0.1, 0.15) is 5.75 Å². The number of carbonyl (C=O) groups excluding carboxylic acids is 1. The van der Waals surface area contributed by atoms with Crippen LogP contribution in [-0.2, 0) is 4.79 Å². The van der Waals surface area contributed by atoms with Gasteiger partial charge in [-0.3, -0.25) is 4.79 Å². The number of benzene rings is 1. The Bertz CT molecular complexity index is 486. The SMILES string of the molecule is CC(C)(C)C(CCO)NC(=O)COc1ccc(Cl)cc1Cl. The molecule has 1 atom stereocenters. The van der Waals surface area contributed by atoms with Crippen molar-refractivity contribution in [2.24, 2.45) is 5.41 Å². The van der Waals surface area contributed by atoms with Gasteiger partial charge < -0.3 is 15.2 Å². The van der Waals surface area contributed by atoms with Crippen LogP contribution < -0.4 is 10.1 Å². The van der Waals surface area contributed by atoms with E-state index in [1.807, 2.05) is 20.8 Å². The topological polar surface area (TPSA) is 58.6 Å². The third kappa shape index (κ3) is 6.12. The van der Waals surface area contributed by atoms with Crippen LogP contribution >= 0.6 is 23.2 Å². The largest absolute Gasteiger partial charge is 0.482 e.